The minimum Gasteiger partial charge on any atom is -0.309 e. The van der Waals surface area contributed by atoms with E-state index in [1.54, 1.807) is 0 Å². The third-order valence-electron chi connectivity index (χ3n) is 4.48. The lowest BCUT2D eigenvalue weighted by Crippen LogP contribution is -2.17. The van der Waals surface area contributed by atoms with E-state index in [1.165, 1.54) is 30.5 Å². The molecule has 1 nitrogen and oxygen atoms in total. The SMILES string of the molecule is C[C@@H](CCCN(C)C)[C@H](Cc1ccccc1)c1ccccc1. The zero-order valence-corrected chi connectivity index (χ0v) is 14.2. The van der Waals surface area contributed by atoms with E-state index in [0.717, 1.165) is 6.42 Å². The fourth-order valence-electron chi connectivity index (χ4n) is 3.15. The predicted molar refractivity (Wildman–Crippen MR) is 96.3 cm³/mol. The Morgan fingerprint density at radius 1 is 0.864 bits per heavy atom. The highest BCUT2D eigenvalue weighted by atomic mass is 15.0. The Bertz CT molecular complexity index is 518. The lowest BCUT2D eigenvalue weighted by Gasteiger charge is -2.25. The molecule has 0 heterocycles. The highest BCUT2D eigenvalue weighted by molar-refractivity contribution is 5.24. The zero-order chi connectivity index (χ0) is 15.8. The second kappa shape index (κ2) is 8.75. The second-order valence-electron chi connectivity index (χ2n) is 6.63. The van der Waals surface area contributed by atoms with Crippen LogP contribution in [0.1, 0.15) is 36.8 Å². The first kappa shape index (κ1) is 16.8. The molecule has 0 N–H and O–H groups in total. The number of hydrogen-bond donors (Lipinski definition) is 0. The van der Waals surface area contributed by atoms with Gasteiger partial charge in [-0.15, -0.1) is 0 Å². The third kappa shape index (κ3) is 5.31. The number of rotatable bonds is 8. The van der Waals surface area contributed by atoms with Crippen LogP contribution in [-0.2, 0) is 6.42 Å². The molecule has 118 valence electrons. The van der Waals surface area contributed by atoms with Crippen LogP contribution in [-0.4, -0.2) is 25.5 Å². The summed E-state index contributed by atoms with van der Waals surface area (Å²) in [5.74, 6) is 1.30. The van der Waals surface area contributed by atoms with Crippen molar-refractivity contribution in [3.05, 3.63) is 71.8 Å². The fourth-order valence-corrected chi connectivity index (χ4v) is 3.15. The van der Waals surface area contributed by atoms with E-state index in [9.17, 15) is 0 Å². The van der Waals surface area contributed by atoms with Crippen molar-refractivity contribution in [2.45, 2.75) is 32.1 Å². The van der Waals surface area contributed by atoms with Crippen LogP contribution in [0.4, 0.5) is 0 Å². The van der Waals surface area contributed by atoms with Gasteiger partial charge in [-0.05, 0) is 62.9 Å². The molecule has 0 aliphatic rings. The Balaban J connectivity index is 2.08. The lowest BCUT2D eigenvalue weighted by molar-refractivity contribution is 0.350. The van der Waals surface area contributed by atoms with Crippen LogP contribution in [0.2, 0.25) is 0 Å². The summed E-state index contributed by atoms with van der Waals surface area (Å²) in [4.78, 5) is 2.28. The summed E-state index contributed by atoms with van der Waals surface area (Å²) in [6, 6.07) is 21.9. The maximum atomic E-state index is 2.41. The van der Waals surface area contributed by atoms with E-state index in [-0.39, 0.29) is 0 Å². The van der Waals surface area contributed by atoms with Crippen LogP contribution in [0.5, 0.6) is 0 Å². The average molecular weight is 295 g/mol. The summed E-state index contributed by atoms with van der Waals surface area (Å²) in [5.41, 5.74) is 2.92. The molecule has 0 unspecified atom stereocenters. The number of nitrogens with zero attached hydrogens (tertiary/aromatic N) is 1. The first-order valence-electron chi connectivity index (χ1n) is 8.40. The highest BCUT2D eigenvalue weighted by Gasteiger charge is 2.19. The van der Waals surface area contributed by atoms with Gasteiger partial charge < -0.3 is 4.90 Å². The minimum atomic E-state index is 0.603. The molecule has 2 aromatic carbocycles. The highest BCUT2D eigenvalue weighted by Crippen LogP contribution is 2.31. The van der Waals surface area contributed by atoms with Crippen LogP contribution in [0.25, 0.3) is 0 Å². The molecule has 0 aromatic heterocycles. The normalized spacial score (nSPS) is 14.0. The molecule has 0 aliphatic carbocycles. The van der Waals surface area contributed by atoms with Crippen molar-refractivity contribution in [1.29, 1.82) is 0 Å². The zero-order valence-electron chi connectivity index (χ0n) is 14.2. The van der Waals surface area contributed by atoms with Crippen LogP contribution >= 0.6 is 0 Å². The first-order valence-corrected chi connectivity index (χ1v) is 8.40. The van der Waals surface area contributed by atoms with Gasteiger partial charge in [0.2, 0.25) is 0 Å². The van der Waals surface area contributed by atoms with E-state index < -0.39 is 0 Å². The molecule has 2 atom stereocenters. The Morgan fingerprint density at radius 3 is 2.05 bits per heavy atom. The Morgan fingerprint density at radius 2 is 1.45 bits per heavy atom. The van der Waals surface area contributed by atoms with Gasteiger partial charge in [0.1, 0.15) is 0 Å². The van der Waals surface area contributed by atoms with Crippen LogP contribution in [0.15, 0.2) is 60.7 Å². The van der Waals surface area contributed by atoms with Crippen molar-refractivity contribution in [2.24, 2.45) is 5.92 Å². The fraction of sp³-hybridized carbons (Fsp3) is 0.429. The summed E-state index contributed by atoms with van der Waals surface area (Å²) in [6.45, 7) is 3.59. The van der Waals surface area contributed by atoms with Gasteiger partial charge in [-0.2, -0.15) is 0 Å². The predicted octanol–water partition coefficient (Wildman–Crippen LogP) is 4.99. The van der Waals surface area contributed by atoms with Crippen molar-refractivity contribution in [2.75, 3.05) is 20.6 Å². The van der Waals surface area contributed by atoms with E-state index >= 15 is 0 Å². The Labute approximate surface area is 136 Å². The summed E-state index contributed by atoms with van der Waals surface area (Å²) >= 11 is 0. The van der Waals surface area contributed by atoms with Gasteiger partial charge in [0.15, 0.2) is 0 Å². The average Bonchev–Trinajstić information content (AvgIpc) is 2.54. The van der Waals surface area contributed by atoms with Gasteiger partial charge in [-0.1, -0.05) is 67.6 Å². The van der Waals surface area contributed by atoms with Gasteiger partial charge in [0.05, 0.1) is 0 Å². The van der Waals surface area contributed by atoms with Gasteiger partial charge in [0.25, 0.3) is 0 Å². The first-order chi connectivity index (χ1) is 10.7. The van der Waals surface area contributed by atoms with Gasteiger partial charge in [-0.3, -0.25) is 0 Å². The molecule has 0 fully saturated rings. The van der Waals surface area contributed by atoms with E-state index in [0.29, 0.717) is 11.8 Å². The standard InChI is InChI=1S/C21H29N/c1-18(11-10-16-22(2)3)21(20-14-8-5-9-15-20)17-19-12-6-4-7-13-19/h4-9,12-15,18,21H,10-11,16-17H2,1-3H3/t18-,21-/m0/s1. The van der Waals surface area contributed by atoms with Crippen LogP contribution in [0, 0.1) is 5.92 Å². The summed E-state index contributed by atoms with van der Waals surface area (Å²) in [5, 5.41) is 0. The molecular weight excluding hydrogens is 266 g/mol. The molecule has 2 rings (SSSR count). The smallest absolute Gasteiger partial charge is 0.00247 e. The monoisotopic (exact) mass is 295 g/mol. The van der Waals surface area contributed by atoms with Crippen molar-refractivity contribution in [3.8, 4) is 0 Å². The van der Waals surface area contributed by atoms with Gasteiger partial charge in [-0.25, -0.2) is 0 Å². The lowest BCUT2D eigenvalue weighted by atomic mass is 9.80. The van der Waals surface area contributed by atoms with Gasteiger partial charge >= 0.3 is 0 Å². The maximum absolute atomic E-state index is 2.41. The molecule has 0 spiro atoms. The molecular formula is C21H29N. The number of benzene rings is 2. The minimum absolute atomic E-state index is 0.603. The molecule has 0 saturated carbocycles. The summed E-state index contributed by atoms with van der Waals surface area (Å²) < 4.78 is 0. The quantitative estimate of drug-likeness (QED) is 0.663. The molecule has 0 bridgehead atoms. The molecule has 0 saturated heterocycles. The molecule has 0 radical (unpaired) electrons. The Hall–Kier alpha value is -1.60. The van der Waals surface area contributed by atoms with E-state index in [4.69, 9.17) is 0 Å². The third-order valence-corrected chi connectivity index (χ3v) is 4.48. The maximum Gasteiger partial charge on any atom is -0.00247 e. The van der Waals surface area contributed by atoms with Crippen LogP contribution in [0.3, 0.4) is 0 Å². The van der Waals surface area contributed by atoms with Crippen molar-refractivity contribution < 1.29 is 0 Å². The van der Waals surface area contributed by atoms with Crippen molar-refractivity contribution in [1.82, 2.24) is 4.90 Å². The topological polar surface area (TPSA) is 3.24 Å². The molecule has 22 heavy (non-hydrogen) atoms. The molecule has 2 aromatic rings. The molecule has 1 heteroatoms. The van der Waals surface area contributed by atoms with Crippen LogP contribution < -0.4 is 0 Å². The summed E-state index contributed by atoms with van der Waals surface area (Å²) in [7, 11) is 4.31. The second-order valence-corrected chi connectivity index (χ2v) is 6.63. The molecule has 0 amide bonds. The van der Waals surface area contributed by atoms with Gasteiger partial charge in [0, 0.05) is 0 Å². The Kier molecular flexibility index (Phi) is 6.67. The van der Waals surface area contributed by atoms with Crippen molar-refractivity contribution in [3.63, 3.8) is 0 Å². The van der Waals surface area contributed by atoms with E-state index in [2.05, 4.69) is 86.6 Å². The summed E-state index contributed by atoms with van der Waals surface area (Å²) in [6.07, 6.45) is 3.69. The molecule has 0 aliphatic heterocycles. The largest absolute Gasteiger partial charge is 0.309 e. The van der Waals surface area contributed by atoms with Crippen molar-refractivity contribution >= 4 is 0 Å². The van der Waals surface area contributed by atoms with E-state index in [1.807, 2.05) is 0 Å². The number of hydrogen-bond acceptors (Lipinski definition) is 1.